The lowest BCUT2D eigenvalue weighted by atomic mass is 9.91. The summed E-state index contributed by atoms with van der Waals surface area (Å²) >= 11 is 1.13. The maximum Gasteiger partial charge on any atom is 0.256 e. The lowest BCUT2D eigenvalue weighted by Gasteiger charge is -2.41. The highest BCUT2D eigenvalue weighted by atomic mass is 32.2. The van der Waals surface area contributed by atoms with E-state index in [1.807, 2.05) is 66.6 Å². The van der Waals surface area contributed by atoms with Gasteiger partial charge in [0, 0.05) is 75.2 Å². The lowest BCUT2D eigenvalue weighted by Crippen LogP contribution is -2.64. The van der Waals surface area contributed by atoms with Gasteiger partial charge in [-0.2, -0.15) is 0 Å². The average molecular weight is 1340 g/mol. The first-order valence-electron chi connectivity index (χ1n) is 33.1. The molecule has 0 spiro atoms. The van der Waals surface area contributed by atoms with Crippen LogP contribution in [0.1, 0.15) is 156 Å². The van der Waals surface area contributed by atoms with E-state index in [1.165, 1.54) is 99.7 Å². The minimum atomic E-state index is -1.65. The second kappa shape index (κ2) is 38.6. The van der Waals surface area contributed by atoms with Gasteiger partial charge < -0.3 is 70.3 Å². The van der Waals surface area contributed by atoms with Crippen molar-refractivity contribution in [3.63, 3.8) is 0 Å². The predicted molar refractivity (Wildman–Crippen MR) is 365 cm³/mol. The van der Waals surface area contributed by atoms with Crippen LogP contribution in [0.5, 0.6) is 0 Å². The Balaban J connectivity index is 4.58. The summed E-state index contributed by atoms with van der Waals surface area (Å²) in [7, 11) is 15.1. The predicted octanol–water partition coefficient (Wildman–Crippen LogP) is 3.66. The number of hydrogen-bond donors (Lipinski definition) is 5. The van der Waals surface area contributed by atoms with Gasteiger partial charge >= 0.3 is 0 Å². The monoisotopic (exact) mass is 1330 g/mol. The summed E-state index contributed by atoms with van der Waals surface area (Å²) in [5, 5.41) is 22.1. The van der Waals surface area contributed by atoms with Crippen LogP contribution >= 0.6 is 11.8 Å². The van der Waals surface area contributed by atoms with Crippen LogP contribution in [0.2, 0.25) is 0 Å². The molecule has 0 aromatic heterocycles. The summed E-state index contributed by atoms with van der Waals surface area (Å²) in [6.07, 6.45) is 2.66. The maximum atomic E-state index is 15.3. The highest BCUT2D eigenvalue weighted by Crippen LogP contribution is 2.28. The van der Waals surface area contributed by atoms with E-state index in [4.69, 9.17) is 4.74 Å². The molecule has 26 heteroatoms. The molecule has 0 aliphatic carbocycles. The molecule has 0 bridgehead atoms. The molecule has 0 aromatic rings. The standard InChI is InChI=1S/C67H122N12O13S/c1-28-30-31-43(13)54(80)53-58(84)70-46(29-2)60(86)79(26)66(93-33-32-72(18)19)65(91)76(23)50(37-67(16,17)92-27)57(83)71-51(41(9)10)63(89)73(20)47(34-38(3)4)56(82)68-44(14)55(81)69-45(15)59(85)74(21)48(35-39(5)6)61(87)75(22)49(36-40(7)8)62(88)77(24)52(42(11)12)64(90)78(53)25/h28,30,38-54,66,80H,29,31-37H2,1-27H3,(H,68,82)(H,69,81)(H,70,84)(H,71,83)/b30-28+/t43-,44+,45-,46+,47+,48+,49+,50+,51+,52+,53+,54-,66-/m1/s1. The Hall–Kier alpha value is -5.86. The van der Waals surface area contributed by atoms with Crippen LogP contribution in [0.4, 0.5) is 0 Å². The molecule has 93 heavy (non-hydrogen) atoms. The van der Waals surface area contributed by atoms with Gasteiger partial charge in [-0.25, -0.2) is 0 Å². The quantitative estimate of drug-likeness (QED) is 0.109. The average Bonchev–Trinajstić information content (AvgIpc) is 0.816. The molecule has 11 amide bonds. The number of nitrogens with zero attached hydrogens (tertiary/aromatic N) is 8. The van der Waals surface area contributed by atoms with Crippen LogP contribution in [0.25, 0.3) is 0 Å². The van der Waals surface area contributed by atoms with Gasteiger partial charge in [0.2, 0.25) is 59.1 Å². The second-order valence-electron chi connectivity index (χ2n) is 28.4. The van der Waals surface area contributed by atoms with E-state index in [1.54, 1.807) is 68.4 Å². The Morgan fingerprint density at radius 3 is 1.45 bits per heavy atom. The van der Waals surface area contributed by atoms with Gasteiger partial charge in [-0.15, -0.1) is 11.8 Å². The van der Waals surface area contributed by atoms with Gasteiger partial charge in [-0.3, -0.25) is 52.7 Å². The fourth-order valence-electron chi connectivity index (χ4n) is 11.3. The van der Waals surface area contributed by atoms with Crippen molar-refractivity contribution < 1.29 is 62.6 Å². The first-order chi connectivity index (χ1) is 42.9. The van der Waals surface area contributed by atoms with E-state index >= 15 is 33.6 Å². The third kappa shape index (κ3) is 24.4. The first kappa shape index (κ1) is 85.2. The zero-order valence-electron chi connectivity index (χ0n) is 61.5. The number of aliphatic hydroxyl groups is 1. The van der Waals surface area contributed by atoms with Crippen LogP contribution in [0.3, 0.4) is 0 Å². The minimum absolute atomic E-state index is 0.0151. The highest BCUT2D eigenvalue weighted by molar-refractivity contribution is 8.00. The molecule has 0 radical (unpaired) electrons. The fraction of sp³-hybridized carbons (Fsp3) is 0.806. The van der Waals surface area contributed by atoms with Crippen molar-refractivity contribution in [2.75, 3.05) is 82.8 Å². The molecule has 1 aliphatic rings. The fourth-order valence-corrected chi connectivity index (χ4v) is 12.6. The van der Waals surface area contributed by atoms with Crippen LogP contribution in [0, 0.1) is 35.5 Å². The Kier molecular flexibility index (Phi) is 35.4. The van der Waals surface area contributed by atoms with Gasteiger partial charge in [-0.1, -0.05) is 95.2 Å². The normalized spacial score (nSPS) is 26.6. The third-order valence-corrected chi connectivity index (χ3v) is 18.8. The highest BCUT2D eigenvalue weighted by Gasteiger charge is 2.47. The summed E-state index contributed by atoms with van der Waals surface area (Å²) in [5.41, 5.74) is -1.04. The van der Waals surface area contributed by atoms with Crippen LogP contribution in [0.15, 0.2) is 12.2 Å². The zero-order valence-corrected chi connectivity index (χ0v) is 62.4. The van der Waals surface area contributed by atoms with Crippen molar-refractivity contribution in [3.8, 4) is 0 Å². The van der Waals surface area contributed by atoms with Gasteiger partial charge in [0.25, 0.3) is 5.91 Å². The van der Waals surface area contributed by atoms with Gasteiger partial charge in [0.05, 0.1) is 11.7 Å². The first-order valence-corrected chi connectivity index (χ1v) is 34.1. The Bertz CT molecular complexity index is 2550. The van der Waals surface area contributed by atoms with Crippen molar-refractivity contribution in [2.24, 2.45) is 35.5 Å². The molecule has 25 nitrogen and oxygen atoms in total. The molecule has 0 aromatic carbocycles. The smallest absolute Gasteiger partial charge is 0.256 e. The van der Waals surface area contributed by atoms with Gasteiger partial charge in [0.1, 0.15) is 60.4 Å². The molecule has 13 atom stereocenters. The van der Waals surface area contributed by atoms with Crippen molar-refractivity contribution in [1.29, 1.82) is 0 Å². The van der Waals surface area contributed by atoms with Crippen molar-refractivity contribution >= 4 is 76.7 Å². The van der Waals surface area contributed by atoms with E-state index < -0.39 is 160 Å². The van der Waals surface area contributed by atoms with Gasteiger partial charge in [0.15, 0.2) is 5.37 Å². The van der Waals surface area contributed by atoms with Crippen molar-refractivity contribution in [1.82, 2.24) is 60.5 Å². The molecule has 0 saturated carbocycles. The van der Waals surface area contributed by atoms with Crippen molar-refractivity contribution in [3.05, 3.63) is 12.2 Å². The van der Waals surface area contributed by atoms with Crippen LogP contribution in [-0.2, 0) is 57.5 Å². The largest absolute Gasteiger partial charge is 0.390 e. The van der Waals surface area contributed by atoms with Crippen molar-refractivity contribution in [2.45, 2.75) is 234 Å². The van der Waals surface area contributed by atoms with Gasteiger partial charge in [-0.05, 0) is 116 Å². The number of likely N-dealkylation sites (N-methyl/N-ethyl adjacent to an activating group) is 7. The number of allylic oxidation sites excluding steroid dienone is 2. The molecular weight excluding hydrogens is 1210 g/mol. The number of aliphatic hydroxyl groups excluding tert-OH is 1. The Morgan fingerprint density at radius 1 is 0.538 bits per heavy atom. The number of amides is 11. The molecule has 534 valence electrons. The zero-order chi connectivity index (χ0) is 72.2. The summed E-state index contributed by atoms with van der Waals surface area (Å²) in [4.78, 5) is 175. The number of rotatable bonds is 20. The summed E-state index contributed by atoms with van der Waals surface area (Å²) in [6.45, 7) is 30.1. The second-order valence-corrected chi connectivity index (χ2v) is 29.5. The number of nitrogens with one attached hydrogen (secondary N) is 4. The summed E-state index contributed by atoms with van der Waals surface area (Å²) in [5.74, 6) is -9.67. The van der Waals surface area contributed by atoms with E-state index in [9.17, 15) is 24.3 Å². The number of carbonyl (C=O) groups excluding carboxylic acids is 11. The number of methoxy groups -OCH3 is 1. The number of thioether (sulfide) groups is 1. The van der Waals surface area contributed by atoms with E-state index in [-0.39, 0.29) is 49.9 Å². The SMILES string of the molecule is C/C=C/C[C@@H](C)[C@@H](O)[C@H]1C(=O)N[C@@H](CC)C(=O)N(C)[C@H](SCCN(C)C)C(=O)N(C)[C@@H](CC(C)(C)OC)C(=O)N[C@@H](C(C)C)C(=O)N(C)[C@@H](CC(C)C)C(=O)N[C@@H](C)C(=O)N[C@H](C)C(=O)N(C)[C@@H](CC(C)C)C(=O)N(C)[C@@H](CC(C)C)C(=O)N(C)[C@@H](C(C)C)C(=O)N1C. The van der Waals surface area contributed by atoms with E-state index in [0.29, 0.717) is 18.7 Å². The topological polar surface area (TPSA) is 291 Å². The minimum Gasteiger partial charge on any atom is -0.390 e. The molecule has 1 aliphatic heterocycles. The molecule has 0 unspecified atom stereocenters. The summed E-state index contributed by atoms with van der Waals surface area (Å²) in [6, 6.07) is -12.8. The Morgan fingerprint density at radius 2 is 0.989 bits per heavy atom. The van der Waals surface area contributed by atoms with Crippen LogP contribution < -0.4 is 21.3 Å². The molecular formula is C67H122N12O13S. The maximum absolute atomic E-state index is 15.3. The molecule has 1 rings (SSSR count). The number of carbonyl (C=O) groups is 11. The number of hydrogen-bond acceptors (Lipinski definition) is 15. The van der Waals surface area contributed by atoms with E-state index in [0.717, 1.165) is 16.7 Å². The number of ether oxygens (including phenoxy) is 1. The Labute approximate surface area is 561 Å². The molecule has 1 fully saturated rings. The third-order valence-electron chi connectivity index (χ3n) is 17.5. The van der Waals surface area contributed by atoms with E-state index in [2.05, 4.69) is 21.3 Å². The van der Waals surface area contributed by atoms with Crippen LogP contribution in [-0.4, -0.2) is 270 Å². The molecule has 5 N–H and O–H groups in total. The molecule has 1 saturated heterocycles. The molecule has 1 heterocycles. The lowest BCUT2D eigenvalue weighted by molar-refractivity contribution is -0.157. The summed E-state index contributed by atoms with van der Waals surface area (Å²) < 4.78 is 5.82.